The molecule has 0 heterocycles. The van der Waals surface area contributed by atoms with Gasteiger partial charge in [-0.15, -0.1) is 0 Å². The summed E-state index contributed by atoms with van der Waals surface area (Å²) in [5.41, 5.74) is 5.67. The summed E-state index contributed by atoms with van der Waals surface area (Å²) in [5.74, 6) is 1.87. The van der Waals surface area contributed by atoms with Crippen molar-refractivity contribution >= 4 is 0 Å². The molecule has 0 N–H and O–H groups in total. The lowest BCUT2D eigenvalue weighted by molar-refractivity contribution is 0.395. The van der Waals surface area contributed by atoms with E-state index in [1.807, 2.05) is 0 Å². The summed E-state index contributed by atoms with van der Waals surface area (Å²) < 4.78 is 0. The number of benzene rings is 2. The lowest BCUT2D eigenvalue weighted by atomic mass is 9.62. The summed E-state index contributed by atoms with van der Waals surface area (Å²) in [4.78, 5) is 0. The van der Waals surface area contributed by atoms with Crippen LogP contribution in [0.4, 0.5) is 0 Å². The molecular weight excluding hydrogens is 360 g/mol. The van der Waals surface area contributed by atoms with E-state index in [0.717, 1.165) is 6.42 Å². The van der Waals surface area contributed by atoms with Crippen LogP contribution in [0.1, 0.15) is 29.4 Å². The molecule has 3 aliphatic rings. The summed E-state index contributed by atoms with van der Waals surface area (Å²) in [7, 11) is 0. The fourth-order valence-electron chi connectivity index (χ4n) is 5.35. The highest BCUT2D eigenvalue weighted by molar-refractivity contribution is 5.43. The zero-order valence-corrected chi connectivity index (χ0v) is 17.3. The number of hydrogen-bond acceptors (Lipinski definition) is 0. The molecule has 0 bridgehead atoms. The highest BCUT2D eigenvalue weighted by Crippen LogP contribution is 2.51. The predicted octanol–water partition coefficient (Wildman–Crippen LogP) is 7.54. The molecule has 3 atom stereocenters. The second kappa shape index (κ2) is 8.32. The molecule has 0 aromatic heterocycles. The van der Waals surface area contributed by atoms with Crippen molar-refractivity contribution in [2.24, 2.45) is 17.8 Å². The van der Waals surface area contributed by atoms with E-state index in [1.165, 1.54) is 22.3 Å². The minimum atomic E-state index is 0.327. The van der Waals surface area contributed by atoms with Crippen LogP contribution in [0.3, 0.4) is 0 Å². The smallest absolute Gasteiger partial charge is 0.0164 e. The van der Waals surface area contributed by atoms with Crippen molar-refractivity contribution in [3.8, 4) is 0 Å². The van der Waals surface area contributed by atoms with Crippen LogP contribution in [0.5, 0.6) is 0 Å². The second-order valence-electron chi connectivity index (χ2n) is 8.59. The summed E-state index contributed by atoms with van der Waals surface area (Å²) in [6, 6.07) is 22.1. The Kier molecular flexibility index (Phi) is 5.24. The Morgan fingerprint density at radius 3 is 1.90 bits per heavy atom. The maximum absolute atomic E-state index is 4.67. The standard InChI is InChI=1S/C30H28/c1-22(23-12-8-9-13-23)30-28(25-16-4-2-5-17-25)20-27(24-14-10-11-15-24)21-29(30)26-18-6-3-7-19-26/h2-20,23-24,28-30H,1,21H2. The molecule has 2 aromatic rings. The van der Waals surface area contributed by atoms with Gasteiger partial charge in [-0.05, 0) is 29.4 Å². The molecule has 0 spiro atoms. The fraction of sp³-hybridized carbons (Fsp3) is 0.200. The van der Waals surface area contributed by atoms with Gasteiger partial charge in [0.15, 0.2) is 0 Å². The van der Waals surface area contributed by atoms with Gasteiger partial charge in [-0.2, -0.15) is 0 Å². The molecule has 0 amide bonds. The Morgan fingerprint density at radius 1 is 0.700 bits per heavy atom. The van der Waals surface area contributed by atoms with Crippen molar-refractivity contribution in [1.82, 2.24) is 0 Å². The van der Waals surface area contributed by atoms with Crippen molar-refractivity contribution in [3.05, 3.63) is 144 Å². The fourth-order valence-corrected chi connectivity index (χ4v) is 5.35. The van der Waals surface area contributed by atoms with Crippen LogP contribution in [0.25, 0.3) is 0 Å². The van der Waals surface area contributed by atoms with Crippen LogP contribution < -0.4 is 0 Å². The van der Waals surface area contributed by atoms with Gasteiger partial charge in [-0.3, -0.25) is 0 Å². The molecule has 2 aromatic carbocycles. The van der Waals surface area contributed by atoms with E-state index >= 15 is 0 Å². The van der Waals surface area contributed by atoms with Crippen molar-refractivity contribution in [1.29, 1.82) is 0 Å². The Labute approximate surface area is 180 Å². The second-order valence-corrected chi connectivity index (χ2v) is 8.59. The van der Waals surface area contributed by atoms with Gasteiger partial charge in [-0.1, -0.05) is 133 Å². The Hall–Kier alpha value is -3.12. The summed E-state index contributed by atoms with van der Waals surface area (Å²) in [6.07, 6.45) is 21.5. The molecule has 0 aliphatic heterocycles. The molecule has 3 unspecified atom stereocenters. The van der Waals surface area contributed by atoms with Crippen molar-refractivity contribution < 1.29 is 0 Å². The van der Waals surface area contributed by atoms with E-state index in [4.69, 9.17) is 0 Å². The molecule has 30 heavy (non-hydrogen) atoms. The van der Waals surface area contributed by atoms with Crippen LogP contribution >= 0.6 is 0 Å². The molecular formula is C30H28. The van der Waals surface area contributed by atoms with Gasteiger partial charge in [0.2, 0.25) is 0 Å². The molecule has 5 rings (SSSR count). The maximum atomic E-state index is 4.67. The van der Waals surface area contributed by atoms with Crippen LogP contribution in [-0.4, -0.2) is 0 Å². The lowest BCUT2D eigenvalue weighted by Gasteiger charge is -2.41. The van der Waals surface area contributed by atoms with Crippen molar-refractivity contribution in [3.63, 3.8) is 0 Å². The first-order valence-corrected chi connectivity index (χ1v) is 11.0. The van der Waals surface area contributed by atoms with Crippen LogP contribution in [0.15, 0.2) is 133 Å². The average Bonchev–Trinajstić information content (AvgIpc) is 3.54. The van der Waals surface area contributed by atoms with Crippen molar-refractivity contribution in [2.75, 3.05) is 0 Å². The third kappa shape index (κ3) is 3.59. The van der Waals surface area contributed by atoms with E-state index in [2.05, 4.69) is 122 Å². The number of allylic oxidation sites excluding steroid dienone is 11. The van der Waals surface area contributed by atoms with E-state index in [0.29, 0.717) is 29.6 Å². The Morgan fingerprint density at radius 2 is 1.27 bits per heavy atom. The van der Waals surface area contributed by atoms with E-state index in [1.54, 1.807) is 0 Å². The molecule has 0 radical (unpaired) electrons. The topological polar surface area (TPSA) is 0 Å². The van der Waals surface area contributed by atoms with E-state index in [9.17, 15) is 0 Å². The lowest BCUT2D eigenvalue weighted by Crippen LogP contribution is -2.29. The number of hydrogen-bond donors (Lipinski definition) is 0. The van der Waals surface area contributed by atoms with E-state index < -0.39 is 0 Å². The first-order chi connectivity index (χ1) is 14.8. The van der Waals surface area contributed by atoms with Gasteiger partial charge in [0, 0.05) is 17.8 Å². The number of rotatable bonds is 5. The largest absolute Gasteiger partial charge is 0.0986 e. The summed E-state index contributed by atoms with van der Waals surface area (Å²) >= 11 is 0. The summed E-state index contributed by atoms with van der Waals surface area (Å²) in [6.45, 7) is 4.67. The van der Waals surface area contributed by atoms with Crippen LogP contribution in [0.2, 0.25) is 0 Å². The quantitative estimate of drug-likeness (QED) is 0.464. The normalized spacial score (nSPS) is 25.7. The van der Waals surface area contributed by atoms with E-state index in [-0.39, 0.29) is 0 Å². The van der Waals surface area contributed by atoms with Gasteiger partial charge in [0.25, 0.3) is 0 Å². The first-order valence-electron chi connectivity index (χ1n) is 11.0. The van der Waals surface area contributed by atoms with Gasteiger partial charge < -0.3 is 0 Å². The highest BCUT2D eigenvalue weighted by Gasteiger charge is 2.39. The van der Waals surface area contributed by atoms with Crippen molar-refractivity contribution in [2.45, 2.75) is 18.3 Å². The molecule has 0 nitrogen and oxygen atoms in total. The highest BCUT2D eigenvalue weighted by atomic mass is 14.4. The molecule has 0 saturated carbocycles. The van der Waals surface area contributed by atoms with Gasteiger partial charge in [0.05, 0.1) is 0 Å². The molecule has 0 fully saturated rings. The molecule has 0 heteroatoms. The third-order valence-corrected chi connectivity index (χ3v) is 6.86. The minimum Gasteiger partial charge on any atom is -0.0986 e. The Bertz CT molecular complexity index is 1020. The van der Waals surface area contributed by atoms with Crippen LogP contribution in [0, 0.1) is 17.8 Å². The predicted molar refractivity (Wildman–Crippen MR) is 127 cm³/mol. The average molecular weight is 389 g/mol. The maximum Gasteiger partial charge on any atom is 0.0164 e. The first kappa shape index (κ1) is 18.9. The Balaban J connectivity index is 1.64. The zero-order chi connectivity index (χ0) is 20.3. The van der Waals surface area contributed by atoms with Gasteiger partial charge in [-0.25, -0.2) is 0 Å². The van der Waals surface area contributed by atoms with Crippen LogP contribution in [-0.2, 0) is 0 Å². The third-order valence-electron chi connectivity index (χ3n) is 6.86. The monoisotopic (exact) mass is 388 g/mol. The SMILES string of the molecule is C=C(C1C=CC=C1)C1C(c2ccccc2)C=C(C2C=CC=C2)CC1c1ccccc1. The molecule has 148 valence electrons. The van der Waals surface area contributed by atoms with Gasteiger partial charge in [0.1, 0.15) is 0 Å². The minimum absolute atomic E-state index is 0.327. The molecule has 3 aliphatic carbocycles. The molecule has 0 saturated heterocycles. The summed E-state index contributed by atoms with van der Waals surface area (Å²) in [5, 5.41) is 0. The van der Waals surface area contributed by atoms with Gasteiger partial charge >= 0.3 is 0 Å². The zero-order valence-electron chi connectivity index (χ0n) is 17.3.